The maximum Gasteiger partial charge on any atom is 0.193 e. The lowest BCUT2D eigenvalue weighted by Crippen LogP contribution is -2.19. The molecule has 20 heavy (non-hydrogen) atoms. The average molecular weight is 380 g/mol. The minimum absolute atomic E-state index is 0.0504. The van der Waals surface area contributed by atoms with Gasteiger partial charge in [0.05, 0.1) is 0 Å². The molecule has 0 aromatic heterocycles. The second kappa shape index (κ2) is 7.30. The number of carbonyl (C=O) groups is 1. The zero-order valence-electron chi connectivity index (χ0n) is 11.9. The third-order valence-electron chi connectivity index (χ3n) is 2.99. The first-order chi connectivity index (χ1) is 9.47. The number of rotatable bonds is 3. The molecule has 0 amide bonds. The van der Waals surface area contributed by atoms with E-state index in [0.29, 0.717) is 34.5 Å². The minimum atomic E-state index is -0.0504. The van der Waals surface area contributed by atoms with Crippen molar-refractivity contribution >= 4 is 28.8 Å². The molecule has 104 valence electrons. The minimum Gasteiger partial charge on any atom is -0.427 e. The van der Waals surface area contributed by atoms with Crippen LogP contribution in [0.25, 0.3) is 0 Å². The molecule has 0 fully saturated rings. The second-order valence-corrected chi connectivity index (χ2v) is 5.05. The monoisotopic (exact) mass is 380 g/mol. The number of hydrogen-bond donors (Lipinski definition) is 0. The van der Waals surface area contributed by atoms with Crippen LogP contribution in [0, 0.1) is 12.3 Å². The molecule has 0 atom stereocenters. The molecule has 0 bridgehead atoms. The number of allylic oxidation sites excluding steroid dienone is 7. The van der Waals surface area contributed by atoms with E-state index in [1.54, 1.807) is 35.2 Å². The first kappa shape index (κ1) is 16.5. The molecule has 0 spiro atoms. The molecule has 2 nitrogen and oxygen atoms in total. The third kappa shape index (κ3) is 3.31. The Morgan fingerprint density at radius 3 is 2.55 bits per heavy atom. The summed E-state index contributed by atoms with van der Waals surface area (Å²) < 4.78 is 5.35. The van der Waals surface area contributed by atoms with Gasteiger partial charge >= 0.3 is 0 Å². The molecular formula is C17H17IO2. The van der Waals surface area contributed by atoms with Crippen LogP contribution < -0.4 is 0 Å². The lowest BCUT2D eigenvalue weighted by Gasteiger charge is -2.23. The number of Topliss-reactive ketones (excluding diaryl/α,β-unsaturated/α-hetero) is 1. The van der Waals surface area contributed by atoms with E-state index in [0.717, 1.165) is 5.57 Å². The molecular weight excluding hydrogens is 363 g/mol. The Balaban J connectivity index is 3.47. The average Bonchev–Trinajstić information content (AvgIpc) is 2.41. The topological polar surface area (TPSA) is 26.3 Å². The number of terminal acetylenes is 1. The lowest BCUT2D eigenvalue weighted by atomic mass is 9.82. The fraction of sp³-hybridized carbons (Fsp3) is 0.235. The number of ketones is 1. The molecule has 0 saturated heterocycles. The first-order valence-corrected chi connectivity index (χ1v) is 7.08. The second-order valence-electron chi connectivity index (χ2n) is 4.61. The van der Waals surface area contributed by atoms with Crippen LogP contribution in [-0.4, -0.2) is 5.78 Å². The predicted molar refractivity (Wildman–Crippen MR) is 91.0 cm³/mol. The summed E-state index contributed by atoms with van der Waals surface area (Å²) in [6, 6.07) is 0. The van der Waals surface area contributed by atoms with Gasteiger partial charge < -0.3 is 3.07 Å². The van der Waals surface area contributed by atoms with E-state index in [-0.39, 0.29) is 5.78 Å². The molecule has 0 aromatic carbocycles. The standard InChI is InChI=1S/C17H17IO2/c1-6-8-14-12(5)17(20-18)15(10-9-11(3)4)16(19)13(14)7-2/h1,7-9H,5,10H2,2-4H3/b13-7+,14-8-. The number of halogens is 1. The maximum atomic E-state index is 12.6. The van der Waals surface area contributed by atoms with E-state index in [1.165, 1.54) is 0 Å². The first-order valence-electron chi connectivity index (χ1n) is 6.20. The van der Waals surface area contributed by atoms with Crippen molar-refractivity contribution in [2.75, 3.05) is 0 Å². The fourth-order valence-corrected chi connectivity index (χ4v) is 2.51. The van der Waals surface area contributed by atoms with Crippen LogP contribution >= 0.6 is 23.0 Å². The Bertz CT molecular complexity index is 603. The van der Waals surface area contributed by atoms with Gasteiger partial charge in [-0.1, -0.05) is 30.2 Å². The van der Waals surface area contributed by atoms with Crippen molar-refractivity contribution in [1.29, 1.82) is 0 Å². The van der Waals surface area contributed by atoms with Gasteiger partial charge in [0.25, 0.3) is 0 Å². The van der Waals surface area contributed by atoms with Gasteiger partial charge in [-0.25, -0.2) is 0 Å². The van der Waals surface area contributed by atoms with E-state index in [1.807, 2.05) is 26.8 Å². The third-order valence-corrected chi connectivity index (χ3v) is 3.43. The summed E-state index contributed by atoms with van der Waals surface area (Å²) in [7, 11) is 0. The van der Waals surface area contributed by atoms with E-state index in [9.17, 15) is 4.79 Å². The van der Waals surface area contributed by atoms with Gasteiger partial charge in [0.15, 0.2) is 28.8 Å². The Labute approximate surface area is 134 Å². The maximum absolute atomic E-state index is 12.6. The van der Waals surface area contributed by atoms with Crippen LogP contribution in [0.1, 0.15) is 27.2 Å². The van der Waals surface area contributed by atoms with Gasteiger partial charge in [0.1, 0.15) is 5.76 Å². The summed E-state index contributed by atoms with van der Waals surface area (Å²) in [5, 5.41) is 0. The van der Waals surface area contributed by atoms with Crippen molar-refractivity contribution in [3.05, 3.63) is 58.4 Å². The molecule has 0 heterocycles. The van der Waals surface area contributed by atoms with Gasteiger partial charge in [-0.3, -0.25) is 4.79 Å². The van der Waals surface area contributed by atoms with Gasteiger partial charge in [-0.2, -0.15) is 0 Å². The summed E-state index contributed by atoms with van der Waals surface area (Å²) in [6.07, 6.45) is 11.2. The van der Waals surface area contributed by atoms with Crippen molar-refractivity contribution in [3.63, 3.8) is 0 Å². The lowest BCUT2D eigenvalue weighted by molar-refractivity contribution is -0.112. The summed E-state index contributed by atoms with van der Waals surface area (Å²) in [5.41, 5.74) is 3.67. The Morgan fingerprint density at radius 2 is 2.10 bits per heavy atom. The molecule has 0 saturated carbocycles. The van der Waals surface area contributed by atoms with Crippen LogP contribution in [0.4, 0.5) is 0 Å². The van der Waals surface area contributed by atoms with Gasteiger partial charge in [0, 0.05) is 22.3 Å². The summed E-state index contributed by atoms with van der Waals surface area (Å²) >= 11 is 1.77. The highest BCUT2D eigenvalue weighted by Gasteiger charge is 2.31. The summed E-state index contributed by atoms with van der Waals surface area (Å²) in [4.78, 5) is 12.6. The zero-order valence-corrected chi connectivity index (χ0v) is 14.1. The fourth-order valence-electron chi connectivity index (χ4n) is 1.97. The molecule has 1 aliphatic rings. The molecule has 0 unspecified atom stereocenters. The van der Waals surface area contributed by atoms with Crippen LogP contribution in [0.15, 0.2) is 58.4 Å². The molecule has 0 aliphatic heterocycles. The highest BCUT2D eigenvalue weighted by atomic mass is 127. The van der Waals surface area contributed by atoms with E-state index in [4.69, 9.17) is 9.49 Å². The molecule has 1 aliphatic carbocycles. The molecule has 0 aromatic rings. The molecule has 1 rings (SSSR count). The molecule has 0 radical (unpaired) electrons. The number of carbonyl (C=O) groups excluding carboxylic acids is 1. The van der Waals surface area contributed by atoms with Gasteiger partial charge in [-0.15, -0.1) is 6.42 Å². The largest absolute Gasteiger partial charge is 0.427 e. The Hall–Kier alpha value is -1.54. The number of hydrogen-bond acceptors (Lipinski definition) is 2. The predicted octanol–water partition coefficient (Wildman–Crippen LogP) is 4.61. The zero-order chi connectivity index (χ0) is 15.3. The van der Waals surface area contributed by atoms with E-state index >= 15 is 0 Å². The van der Waals surface area contributed by atoms with Gasteiger partial charge in [-0.05, 0) is 33.3 Å². The molecule has 3 heteroatoms. The Morgan fingerprint density at radius 1 is 1.45 bits per heavy atom. The van der Waals surface area contributed by atoms with Crippen molar-refractivity contribution in [3.8, 4) is 12.3 Å². The quantitative estimate of drug-likeness (QED) is 0.309. The normalized spacial score (nSPS) is 19.4. The van der Waals surface area contributed by atoms with Crippen LogP contribution in [0.3, 0.4) is 0 Å². The van der Waals surface area contributed by atoms with Crippen molar-refractivity contribution < 1.29 is 7.86 Å². The summed E-state index contributed by atoms with van der Waals surface area (Å²) in [6.45, 7) is 9.82. The van der Waals surface area contributed by atoms with Gasteiger partial charge in [0.2, 0.25) is 0 Å². The Kier molecular flexibility index (Phi) is 6.03. The smallest absolute Gasteiger partial charge is 0.193 e. The van der Waals surface area contributed by atoms with Crippen molar-refractivity contribution in [2.45, 2.75) is 27.2 Å². The summed E-state index contributed by atoms with van der Waals surface area (Å²) in [5.74, 6) is 2.92. The van der Waals surface area contributed by atoms with Crippen LogP contribution in [-0.2, 0) is 7.86 Å². The van der Waals surface area contributed by atoms with Crippen molar-refractivity contribution in [2.24, 2.45) is 0 Å². The van der Waals surface area contributed by atoms with E-state index < -0.39 is 0 Å². The van der Waals surface area contributed by atoms with Crippen LogP contribution in [0.5, 0.6) is 0 Å². The highest BCUT2D eigenvalue weighted by Crippen LogP contribution is 2.37. The van der Waals surface area contributed by atoms with Crippen molar-refractivity contribution in [1.82, 2.24) is 0 Å². The molecule has 0 N–H and O–H groups in total. The van der Waals surface area contributed by atoms with Crippen LogP contribution in [0.2, 0.25) is 0 Å². The van der Waals surface area contributed by atoms with E-state index in [2.05, 4.69) is 12.5 Å². The SMILES string of the molecule is C#C/C=C1/C(=C)C(OI)=C(CC=C(C)C)C(=O)/C1=C/C. The highest BCUT2D eigenvalue weighted by molar-refractivity contribution is 14.1.